The van der Waals surface area contributed by atoms with Crippen LogP contribution in [0.2, 0.25) is 0 Å². The lowest BCUT2D eigenvalue weighted by Gasteiger charge is -2.18. The van der Waals surface area contributed by atoms with Crippen molar-refractivity contribution in [1.29, 1.82) is 0 Å². The molecule has 2 rings (SSSR count). The Kier molecular flexibility index (Phi) is 4.45. The molecule has 4 heteroatoms. The third-order valence-electron chi connectivity index (χ3n) is 3.15. The normalized spacial score (nSPS) is 11.8. The summed E-state index contributed by atoms with van der Waals surface area (Å²) in [5.74, 6) is 0.644. The Labute approximate surface area is 118 Å². The molecule has 0 aromatic heterocycles. The van der Waals surface area contributed by atoms with Gasteiger partial charge in [-0.15, -0.1) is 0 Å². The number of para-hydroxylation sites is 2. The molecular weight excluding hydrogens is 257 g/mol. The molecule has 0 aliphatic heterocycles. The summed E-state index contributed by atoms with van der Waals surface area (Å²) in [5, 5.41) is 3.31. The Morgan fingerprint density at radius 3 is 2.35 bits per heavy atom. The van der Waals surface area contributed by atoms with E-state index in [4.69, 9.17) is 9.47 Å². The van der Waals surface area contributed by atoms with E-state index < -0.39 is 0 Å². The lowest BCUT2D eigenvalue weighted by Crippen LogP contribution is -2.08. The maximum Gasteiger partial charge on any atom is 0.165 e. The lowest BCUT2D eigenvalue weighted by atomic mass is 10.1. The maximum atomic E-state index is 13.7. The van der Waals surface area contributed by atoms with Crippen LogP contribution in [0.25, 0.3) is 0 Å². The van der Waals surface area contributed by atoms with Crippen LogP contribution in [0.4, 0.5) is 10.1 Å². The van der Waals surface area contributed by atoms with Crippen LogP contribution in [-0.2, 0) is 0 Å². The van der Waals surface area contributed by atoms with Crippen LogP contribution >= 0.6 is 0 Å². The predicted molar refractivity (Wildman–Crippen MR) is 78.0 cm³/mol. The highest BCUT2D eigenvalue weighted by atomic mass is 19.1. The van der Waals surface area contributed by atoms with Crippen LogP contribution in [0.15, 0.2) is 42.5 Å². The second-order valence-electron chi connectivity index (χ2n) is 4.46. The van der Waals surface area contributed by atoms with E-state index >= 15 is 0 Å². The van der Waals surface area contributed by atoms with Crippen molar-refractivity contribution in [3.8, 4) is 11.5 Å². The molecule has 0 fully saturated rings. The van der Waals surface area contributed by atoms with Gasteiger partial charge in [0, 0.05) is 6.04 Å². The first-order valence-corrected chi connectivity index (χ1v) is 6.38. The van der Waals surface area contributed by atoms with Gasteiger partial charge in [0.25, 0.3) is 0 Å². The predicted octanol–water partition coefficient (Wildman–Crippen LogP) is 4.02. The maximum absolute atomic E-state index is 13.7. The van der Waals surface area contributed by atoms with Crippen molar-refractivity contribution < 1.29 is 13.9 Å². The summed E-state index contributed by atoms with van der Waals surface area (Å²) in [6.07, 6.45) is 0. The zero-order valence-electron chi connectivity index (χ0n) is 11.8. The first kappa shape index (κ1) is 14.2. The Balaban J connectivity index is 2.19. The molecule has 1 atom stereocenters. The van der Waals surface area contributed by atoms with E-state index in [1.54, 1.807) is 13.2 Å². The van der Waals surface area contributed by atoms with E-state index in [9.17, 15) is 4.39 Å². The molecule has 0 saturated heterocycles. The fourth-order valence-electron chi connectivity index (χ4n) is 2.03. The molecule has 0 radical (unpaired) electrons. The number of benzene rings is 2. The molecule has 0 amide bonds. The summed E-state index contributed by atoms with van der Waals surface area (Å²) in [6.45, 7) is 1.97. The Hall–Kier alpha value is -2.23. The minimum Gasteiger partial charge on any atom is -0.495 e. The highest BCUT2D eigenvalue weighted by Crippen LogP contribution is 2.29. The Morgan fingerprint density at radius 2 is 1.70 bits per heavy atom. The fourth-order valence-corrected chi connectivity index (χ4v) is 2.03. The van der Waals surface area contributed by atoms with Gasteiger partial charge in [0.2, 0.25) is 0 Å². The van der Waals surface area contributed by atoms with Gasteiger partial charge in [-0.25, -0.2) is 4.39 Å². The molecule has 0 heterocycles. The van der Waals surface area contributed by atoms with Gasteiger partial charge in [0.1, 0.15) is 5.75 Å². The largest absolute Gasteiger partial charge is 0.495 e. The summed E-state index contributed by atoms with van der Waals surface area (Å²) in [5.41, 5.74) is 1.72. The molecule has 1 N–H and O–H groups in total. The molecule has 2 aromatic carbocycles. The quantitative estimate of drug-likeness (QED) is 0.894. The number of anilines is 1. The third kappa shape index (κ3) is 3.02. The summed E-state index contributed by atoms with van der Waals surface area (Å²) in [6, 6.07) is 12.5. The fraction of sp³-hybridized carbons (Fsp3) is 0.250. The monoisotopic (exact) mass is 275 g/mol. The highest BCUT2D eigenvalue weighted by Gasteiger charge is 2.11. The minimum atomic E-state index is -0.362. The van der Waals surface area contributed by atoms with Gasteiger partial charge in [-0.2, -0.15) is 0 Å². The standard InChI is InChI=1S/C16H18FNO2/c1-11(12-8-9-15(19-2)13(17)10-12)18-14-6-4-5-7-16(14)20-3/h4-11,18H,1-3H3. The van der Waals surface area contributed by atoms with Gasteiger partial charge < -0.3 is 14.8 Å². The number of hydrogen-bond donors (Lipinski definition) is 1. The molecule has 0 aliphatic rings. The average molecular weight is 275 g/mol. The second-order valence-corrected chi connectivity index (χ2v) is 4.46. The van der Waals surface area contributed by atoms with Crippen LogP contribution in [0.5, 0.6) is 11.5 Å². The molecule has 0 spiro atoms. The van der Waals surface area contributed by atoms with Crippen LogP contribution in [0, 0.1) is 5.82 Å². The molecule has 0 bridgehead atoms. The van der Waals surface area contributed by atoms with Crippen LogP contribution in [-0.4, -0.2) is 14.2 Å². The van der Waals surface area contributed by atoms with Gasteiger partial charge >= 0.3 is 0 Å². The molecule has 106 valence electrons. The SMILES string of the molecule is COc1ccc(C(C)Nc2ccccc2OC)cc1F. The Morgan fingerprint density at radius 1 is 1.00 bits per heavy atom. The topological polar surface area (TPSA) is 30.5 Å². The van der Waals surface area contributed by atoms with Crippen LogP contribution in [0.3, 0.4) is 0 Å². The molecular formula is C16H18FNO2. The first-order valence-electron chi connectivity index (χ1n) is 6.38. The van der Waals surface area contributed by atoms with Gasteiger partial charge in [0.15, 0.2) is 11.6 Å². The average Bonchev–Trinajstić information content (AvgIpc) is 2.47. The van der Waals surface area contributed by atoms with Gasteiger partial charge in [-0.05, 0) is 36.8 Å². The van der Waals surface area contributed by atoms with Crippen molar-refractivity contribution in [2.45, 2.75) is 13.0 Å². The van der Waals surface area contributed by atoms with Crippen molar-refractivity contribution >= 4 is 5.69 Å². The molecule has 0 aliphatic carbocycles. The molecule has 0 saturated carbocycles. The molecule has 3 nitrogen and oxygen atoms in total. The van der Waals surface area contributed by atoms with E-state index in [-0.39, 0.29) is 17.6 Å². The number of ether oxygens (including phenoxy) is 2. The summed E-state index contributed by atoms with van der Waals surface area (Å²) >= 11 is 0. The smallest absolute Gasteiger partial charge is 0.165 e. The number of halogens is 1. The number of nitrogens with one attached hydrogen (secondary N) is 1. The van der Waals surface area contributed by atoms with Crippen molar-refractivity contribution in [2.24, 2.45) is 0 Å². The summed E-state index contributed by atoms with van der Waals surface area (Å²) in [7, 11) is 3.08. The van der Waals surface area contributed by atoms with Crippen molar-refractivity contribution in [2.75, 3.05) is 19.5 Å². The van der Waals surface area contributed by atoms with Crippen molar-refractivity contribution in [1.82, 2.24) is 0 Å². The van der Waals surface area contributed by atoms with E-state index in [2.05, 4.69) is 5.32 Å². The zero-order valence-corrected chi connectivity index (χ0v) is 11.8. The minimum absolute atomic E-state index is 0.0493. The third-order valence-corrected chi connectivity index (χ3v) is 3.15. The number of hydrogen-bond acceptors (Lipinski definition) is 3. The highest BCUT2D eigenvalue weighted by molar-refractivity contribution is 5.57. The molecule has 1 unspecified atom stereocenters. The second kappa shape index (κ2) is 6.28. The number of methoxy groups -OCH3 is 2. The number of rotatable bonds is 5. The van der Waals surface area contributed by atoms with Gasteiger partial charge in [-0.3, -0.25) is 0 Å². The van der Waals surface area contributed by atoms with Gasteiger partial charge in [-0.1, -0.05) is 18.2 Å². The Bertz CT molecular complexity index is 586. The lowest BCUT2D eigenvalue weighted by molar-refractivity contribution is 0.386. The van der Waals surface area contributed by atoms with E-state index in [1.807, 2.05) is 37.3 Å². The van der Waals surface area contributed by atoms with E-state index in [0.29, 0.717) is 0 Å². The molecule has 20 heavy (non-hydrogen) atoms. The summed E-state index contributed by atoms with van der Waals surface area (Å²) < 4.78 is 23.9. The van der Waals surface area contributed by atoms with Crippen LogP contribution < -0.4 is 14.8 Å². The first-order chi connectivity index (χ1) is 9.65. The van der Waals surface area contributed by atoms with E-state index in [1.165, 1.54) is 13.2 Å². The van der Waals surface area contributed by atoms with Crippen molar-refractivity contribution in [3.05, 3.63) is 53.8 Å². The van der Waals surface area contributed by atoms with E-state index in [0.717, 1.165) is 17.0 Å². The van der Waals surface area contributed by atoms with Crippen molar-refractivity contribution in [3.63, 3.8) is 0 Å². The van der Waals surface area contributed by atoms with Crippen LogP contribution in [0.1, 0.15) is 18.5 Å². The molecule has 2 aromatic rings. The van der Waals surface area contributed by atoms with Gasteiger partial charge in [0.05, 0.1) is 19.9 Å². The summed E-state index contributed by atoms with van der Waals surface area (Å²) in [4.78, 5) is 0. The zero-order chi connectivity index (χ0) is 14.5.